The fourth-order valence-corrected chi connectivity index (χ4v) is 2.48. The minimum Gasteiger partial charge on any atom is -0.388 e. The lowest BCUT2D eigenvalue weighted by molar-refractivity contribution is 0.163. The van der Waals surface area contributed by atoms with Crippen LogP contribution in [0, 0.1) is 0 Å². The molecule has 0 aromatic heterocycles. The average molecular weight is 306 g/mol. The Labute approximate surface area is 140 Å². The van der Waals surface area contributed by atoms with Gasteiger partial charge in [-0.2, -0.15) is 0 Å². The molecule has 1 heteroatoms. The molecule has 0 saturated heterocycles. The predicted octanol–water partition coefficient (Wildman–Crippen LogP) is 6.03. The van der Waals surface area contributed by atoms with Crippen LogP contribution in [0.4, 0.5) is 0 Å². The standard InChI is InChI=1S/C22H26O/c1-2-3-5-14-22(23)21-17-15-20(16-18-21)13-9-8-12-19-10-6-4-7-11-19/h4,6-13,15-18,22-23H,2-3,5,14H2,1H3/b12-8+,13-9+. The van der Waals surface area contributed by atoms with Gasteiger partial charge in [-0.3, -0.25) is 0 Å². The Morgan fingerprint density at radius 3 is 2.04 bits per heavy atom. The Morgan fingerprint density at radius 1 is 0.826 bits per heavy atom. The average Bonchev–Trinajstić information content (AvgIpc) is 2.60. The summed E-state index contributed by atoms with van der Waals surface area (Å²) in [6, 6.07) is 18.4. The van der Waals surface area contributed by atoms with Gasteiger partial charge in [0.1, 0.15) is 0 Å². The van der Waals surface area contributed by atoms with Crippen molar-refractivity contribution in [2.24, 2.45) is 0 Å². The third-order valence-corrected chi connectivity index (χ3v) is 3.89. The smallest absolute Gasteiger partial charge is 0.0790 e. The molecule has 1 unspecified atom stereocenters. The van der Waals surface area contributed by atoms with Crippen LogP contribution in [0.15, 0.2) is 66.7 Å². The highest BCUT2D eigenvalue weighted by Crippen LogP contribution is 2.20. The van der Waals surface area contributed by atoms with E-state index in [1.54, 1.807) is 0 Å². The van der Waals surface area contributed by atoms with Crippen LogP contribution in [0.25, 0.3) is 12.2 Å². The van der Waals surface area contributed by atoms with Gasteiger partial charge in [0.05, 0.1) is 6.10 Å². The molecular weight excluding hydrogens is 280 g/mol. The molecule has 0 fully saturated rings. The van der Waals surface area contributed by atoms with Gasteiger partial charge < -0.3 is 5.11 Å². The second-order valence-corrected chi connectivity index (χ2v) is 5.81. The Balaban J connectivity index is 1.87. The van der Waals surface area contributed by atoms with Crippen LogP contribution in [0.2, 0.25) is 0 Å². The van der Waals surface area contributed by atoms with E-state index < -0.39 is 0 Å². The van der Waals surface area contributed by atoms with Gasteiger partial charge in [-0.25, -0.2) is 0 Å². The number of aliphatic hydroxyl groups excluding tert-OH is 1. The van der Waals surface area contributed by atoms with Crippen molar-refractivity contribution in [3.63, 3.8) is 0 Å². The van der Waals surface area contributed by atoms with Gasteiger partial charge in [0.15, 0.2) is 0 Å². The minimum absolute atomic E-state index is 0.336. The Bertz CT molecular complexity index is 608. The van der Waals surface area contributed by atoms with Crippen molar-refractivity contribution in [2.75, 3.05) is 0 Å². The molecule has 0 aliphatic heterocycles. The number of benzene rings is 2. The zero-order chi connectivity index (χ0) is 16.3. The highest BCUT2D eigenvalue weighted by molar-refractivity contribution is 5.57. The van der Waals surface area contributed by atoms with Crippen LogP contribution in [0.1, 0.15) is 55.4 Å². The lowest BCUT2D eigenvalue weighted by Crippen LogP contribution is -1.97. The van der Waals surface area contributed by atoms with Crippen molar-refractivity contribution in [1.29, 1.82) is 0 Å². The Morgan fingerprint density at radius 2 is 1.43 bits per heavy atom. The molecule has 2 aromatic carbocycles. The van der Waals surface area contributed by atoms with Gasteiger partial charge >= 0.3 is 0 Å². The Hall–Kier alpha value is -2.12. The van der Waals surface area contributed by atoms with Gasteiger partial charge in [0, 0.05) is 0 Å². The summed E-state index contributed by atoms with van der Waals surface area (Å²) in [5, 5.41) is 10.1. The maximum atomic E-state index is 10.1. The molecule has 1 atom stereocenters. The number of hydrogen-bond donors (Lipinski definition) is 1. The number of unbranched alkanes of at least 4 members (excludes halogenated alkanes) is 2. The molecule has 0 aliphatic rings. The van der Waals surface area contributed by atoms with Crippen molar-refractivity contribution < 1.29 is 5.11 Å². The number of aliphatic hydroxyl groups is 1. The van der Waals surface area contributed by atoms with E-state index >= 15 is 0 Å². The van der Waals surface area contributed by atoms with E-state index in [0.29, 0.717) is 0 Å². The summed E-state index contributed by atoms with van der Waals surface area (Å²) < 4.78 is 0. The SMILES string of the molecule is CCCCCC(O)c1ccc(/C=C/C=C/c2ccccc2)cc1. The largest absolute Gasteiger partial charge is 0.388 e. The molecule has 1 nitrogen and oxygen atoms in total. The highest BCUT2D eigenvalue weighted by atomic mass is 16.3. The molecule has 1 N–H and O–H groups in total. The van der Waals surface area contributed by atoms with Crippen LogP contribution >= 0.6 is 0 Å². The first kappa shape index (κ1) is 17.2. The minimum atomic E-state index is -0.336. The molecule has 2 rings (SSSR count). The third-order valence-electron chi connectivity index (χ3n) is 3.89. The van der Waals surface area contributed by atoms with Crippen molar-refractivity contribution in [2.45, 2.75) is 38.7 Å². The summed E-state index contributed by atoms with van der Waals surface area (Å²) in [6.45, 7) is 2.18. The molecule has 0 saturated carbocycles. The summed E-state index contributed by atoms with van der Waals surface area (Å²) in [5.74, 6) is 0. The van der Waals surface area contributed by atoms with Gasteiger partial charge in [-0.05, 0) is 23.1 Å². The maximum absolute atomic E-state index is 10.1. The molecule has 120 valence electrons. The molecule has 0 bridgehead atoms. The van der Waals surface area contributed by atoms with E-state index in [-0.39, 0.29) is 6.10 Å². The Kier molecular flexibility index (Phi) is 7.35. The predicted molar refractivity (Wildman–Crippen MR) is 100 cm³/mol. The molecular formula is C22H26O. The van der Waals surface area contributed by atoms with Gasteiger partial charge in [-0.1, -0.05) is 105 Å². The topological polar surface area (TPSA) is 20.2 Å². The lowest BCUT2D eigenvalue weighted by atomic mass is 10.0. The summed E-state index contributed by atoms with van der Waals surface area (Å²) in [5.41, 5.74) is 3.35. The fourth-order valence-electron chi connectivity index (χ4n) is 2.48. The zero-order valence-electron chi connectivity index (χ0n) is 13.9. The van der Waals surface area contributed by atoms with Crippen molar-refractivity contribution in [1.82, 2.24) is 0 Å². The molecule has 23 heavy (non-hydrogen) atoms. The van der Waals surface area contributed by atoms with E-state index in [1.807, 2.05) is 42.5 Å². The molecule has 2 aromatic rings. The first-order valence-electron chi connectivity index (χ1n) is 8.47. The molecule has 0 radical (unpaired) electrons. The zero-order valence-corrected chi connectivity index (χ0v) is 13.9. The van der Waals surface area contributed by atoms with Gasteiger partial charge in [0.25, 0.3) is 0 Å². The second-order valence-electron chi connectivity index (χ2n) is 5.81. The quantitative estimate of drug-likeness (QED) is 0.466. The molecule has 0 amide bonds. The number of rotatable bonds is 8. The fraction of sp³-hybridized carbons (Fsp3) is 0.273. The first-order valence-corrected chi connectivity index (χ1v) is 8.47. The van der Waals surface area contributed by atoms with Crippen molar-refractivity contribution >= 4 is 12.2 Å². The number of hydrogen-bond acceptors (Lipinski definition) is 1. The van der Waals surface area contributed by atoms with Crippen LogP contribution in [0.3, 0.4) is 0 Å². The summed E-state index contributed by atoms with van der Waals surface area (Å²) in [6.07, 6.45) is 12.2. The van der Waals surface area contributed by atoms with Crippen LogP contribution in [0.5, 0.6) is 0 Å². The number of allylic oxidation sites excluding steroid dienone is 2. The lowest BCUT2D eigenvalue weighted by Gasteiger charge is -2.10. The highest BCUT2D eigenvalue weighted by Gasteiger charge is 2.06. The summed E-state index contributed by atoms with van der Waals surface area (Å²) in [4.78, 5) is 0. The van der Waals surface area contributed by atoms with Gasteiger partial charge in [-0.15, -0.1) is 0 Å². The van der Waals surface area contributed by atoms with Crippen molar-refractivity contribution in [3.8, 4) is 0 Å². The maximum Gasteiger partial charge on any atom is 0.0790 e. The monoisotopic (exact) mass is 306 g/mol. The van der Waals surface area contributed by atoms with Crippen molar-refractivity contribution in [3.05, 3.63) is 83.4 Å². The van der Waals surface area contributed by atoms with E-state index in [2.05, 4.69) is 43.3 Å². The van der Waals surface area contributed by atoms with E-state index in [9.17, 15) is 5.11 Å². The van der Waals surface area contributed by atoms with Crippen LogP contribution < -0.4 is 0 Å². The van der Waals surface area contributed by atoms with E-state index in [0.717, 1.165) is 24.0 Å². The summed E-state index contributed by atoms with van der Waals surface area (Å²) >= 11 is 0. The molecule has 0 spiro atoms. The van der Waals surface area contributed by atoms with Crippen LogP contribution in [-0.2, 0) is 0 Å². The van der Waals surface area contributed by atoms with E-state index in [4.69, 9.17) is 0 Å². The van der Waals surface area contributed by atoms with E-state index in [1.165, 1.54) is 18.4 Å². The normalized spacial score (nSPS) is 13.0. The van der Waals surface area contributed by atoms with Gasteiger partial charge in [0.2, 0.25) is 0 Å². The molecule has 0 heterocycles. The second kappa shape index (κ2) is 9.81. The molecule has 0 aliphatic carbocycles. The first-order chi connectivity index (χ1) is 11.3. The third kappa shape index (κ3) is 6.25. The summed E-state index contributed by atoms with van der Waals surface area (Å²) in [7, 11) is 0. The van der Waals surface area contributed by atoms with Crippen LogP contribution in [-0.4, -0.2) is 5.11 Å².